The molecule has 0 saturated heterocycles. The molecule has 0 aliphatic carbocycles. The summed E-state index contributed by atoms with van der Waals surface area (Å²) in [6.45, 7) is -0.686. The van der Waals surface area contributed by atoms with Crippen molar-refractivity contribution in [1.29, 1.82) is 0 Å². The number of hydrogen-bond acceptors (Lipinski definition) is 6. The molecule has 0 unspecified atom stereocenters. The summed E-state index contributed by atoms with van der Waals surface area (Å²) in [6, 6.07) is 11.4. The fraction of sp³-hybridized carbons (Fsp3) is 0.150. The predicted octanol–water partition coefficient (Wildman–Crippen LogP) is 3.02. The largest absolute Gasteiger partial charge is 0.515 e. The van der Waals surface area contributed by atoms with Gasteiger partial charge >= 0.3 is 5.97 Å². The molecule has 2 aromatic rings. The minimum Gasteiger partial charge on any atom is -0.515 e. The number of rotatable bonds is 8. The Morgan fingerprint density at radius 3 is 2.45 bits per heavy atom. The van der Waals surface area contributed by atoms with Gasteiger partial charge in [-0.3, -0.25) is 14.4 Å². The van der Waals surface area contributed by atoms with E-state index in [0.717, 1.165) is 0 Å². The van der Waals surface area contributed by atoms with Crippen LogP contribution >= 0.6 is 11.6 Å². The highest BCUT2D eigenvalue weighted by Gasteiger charge is 2.24. The van der Waals surface area contributed by atoms with Crippen molar-refractivity contribution in [2.24, 2.45) is 0 Å². The quantitative estimate of drug-likeness (QED) is 0.198. The van der Waals surface area contributed by atoms with Crippen molar-refractivity contribution in [2.45, 2.75) is 0 Å². The number of carbonyl (C=O) groups is 3. The van der Waals surface area contributed by atoms with Crippen molar-refractivity contribution < 1.29 is 29.3 Å². The van der Waals surface area contributed by atoms with Crippen molar-refractivity contribution in [3.05, 3.63) is 64.9 Å². The molecule has 0 bridgehead atoms. The summed E-state index contributed by atoms with van der Waals surface area (Å²) in [7, 11) is 3.39. The Hall–Kier alpha value is -3.52. The molecule has 3 N–H and O–H groups in total. The second-order valence-corrected chi connectivity index (χ2v) is 6.46. The summed E-state index contributed by atoms with van der Waals surface area (Å²) in [5.74, 6) is -2.22. The summed E-state index contributed by atoms with van der Waals surface area (Å²) in [5, 5.41) is 20.5. The Morgan fingerprint density at radius 2 is 1.86 bits per heavy atom. The van der Waals surface area contributed by atoms with Crippen LogP contribution in [0.1, 0.15) is 10.4 Å². The third-order valence-electron chi connectivity index (χ3n) is 3.78. The van der Waals surface area contributed by atoms with E-state index in [9.17, 15) is 19.5 Å². The average Bonchev–Trinajstić information content (AvgIpc) is 2.68. The number of nitrogens with one attached hydrogen (secondary N) is 1. The van der Waals surface area contributed by atoms with E-state index in [4.69, 9.17) is 21.4 Å². The molecule has 0 atom stereocenters. The Morgan fingerprint density at radius 1 is 1.17 bits per heavy atom. The highest BCUT2D eigenvalue weighted by molar-refractivity contribution is 6.32. The SMILES string of the molecule is CN(C)c1cc(Oc2ccccc2Cl)ccc1C(=O)C(=CO)C(=O)NCC(=O)O. The van der Waals surface area contributed by atoms with Crippen molar-refractivity contribution in [3.8, 4) is 11.5 Å². The summed E-state index contributed by atoms with van der Waals surface area (Å²) >= 11 is 6.09. The van der Waals surface area contributed by atoms with E-state index >= 15 is 0 Å². The van der Waals surface area contributed by atoms with Gasteiger partial charge in [-0.2, -0.15) is 0 Å². The Balaban J connectivity index is 2.34. The third kappa shape index (κ3) is 5.49. The maximum absolute atomic E-state index is 12.8. The van der Waals surface area contributed by atoms with E-state index in [-0.39, 0.29) is 5.56 Å². The number of anilines is 1. The number of hydrogen-bond donors (Lipinski definition) is 3. The number of para-hydroxylation sites is 1. The maximum atomic E-state index is 12.8. The molecule has 0 aromatic heterocycles. The molecular formula is C20H19ClN2O6. The van der Waals surface area contributed by atoms with Crippen molar-refractivity contribution in [1.82, 2.24) is 5.32 Å². The van der Waals surface area contributed by atoms with Crippen LogP contribution in [0.25, 0.3) is 0 Å². The van der Waals surface area contributed by atoms with Gasteiger partial charge in [-0.1, -0.05) is 23.7 Å². The number of nitrogens with zero attached hydrogens (tertiary/aromatic N) is 1. The van der Waals surface area contributed by atoms with Crippen LogP contribution in [0.5, 0.6) is 11.5 Å². The zero-order chi connectivity index (χ0) is 21.6. The minimum atomic E-state index is -1.28. The van der Waals surface area contributed by atoms with Gasteiger partial charge in [0.05, 0.1) is 17.0 Å². The van der Waals surface area contributed by atoms with Gasteiger partial charge in [0.2, 0.25) is 5.78 Å². The molecule has 0 saturated carbocycles. The second-order valence-electron chi connectivity index (χ2n) is 6.05. The molecule has 0 fully saturated rings. The first kappa shape index (κ1) is 21.8. The molecule has 0 spiro atoms. The Bertz CT molecular complexity index is 971. The van der Waals surface area contributed by atoms with Crippen LogP contribution in [0.3, 0.4) is 0 Å². The smallest absolute Gasteiger partial charge is 0.322 e. The van der Waals surface area contributed by atoms with Gasteiger partial charge in [0, 0.05) is 25.7 Å². The lowest BCUT2D eigenvalue weighted by Crippen LogP contribution is -2.33. The van der Waals surface area contributed by atoms with Gasteiger partial charge in [-0.05, 0) is 24.3 Å². The normalized spacial score (nSPS) is 10.9. The van der Waals surface area contributed by atoms with Crippen LogP contribution in [0.2, 0.25) is 5.02 Å². The molecule has 8 nitrogen and oxygen atoms in total. The highest BCUT2D eigenvalue weighted by atomic mass is 35.5. The highest BCUT2D eigenvalue weighted by Crippen LogP contribution is 2.33. The van der Waals surface area contributed by atoms with Crippen LogP contribution < -0.4 is 15.0 Å². The molecular weight excluding hydrogens is 400 g/mol. The van der Waals surface area contributed by atoms with Crippen LogP contribution in [-0.4, -0.2) is 48.5 Å². The maximum Gasteiger partial charge on any atom is 0.322 e. The molecule has 9 heteroatoms. The number of amides is 1. The summed E-state index contributed by atoms with van der Waals surface area (Å²) in [4.78, 5) is 37.1. The van der Waals surface area contributed by atoms with E-state index in [1.54, 1.807) is 49.3 Å². The van der Waals surface area contributed by atoms with Crippen molar-refractivity contribution in [3.63, 3.8) is 0 Å². The first-order chi connectivity index (χ1) is 13.7. The summed E-state index contributed by atoms with van der Waals surface area (Å²) in [6.07, 6.45) is 0.354. The number of benzene rings is 2. The number of halogens is 1. The number of Topliss-reactive ketones (excluding diaryl/α,β-unsaturated/α-hetero) is 1. The van der Waals surface area contributed by atoms with E-state index in [0.29, 0.717) is 28.5 Å². The number of aliphatic hydroxyl groups excluding tert-OH is 1. The fourth-order valence-corrected chi connectivity index (χ4v) is 2.58. The van der Waals surface area contributed by atoms with Gasteiger partial charge in [0.25, 0.3) is 5.91 Å². The lowest BCUT2D eigenvalue weighted by molar-refractivity contribution is -0.137. The van der Waals surface area contributed by atoms with Gasteiger partial charge in [-0.25, -0.2) is 0 Å². The fourth-order valence-electron chi connectivity index (χ4n) is 2.41. The molecule has 29 heavy (non-hydrogen) atoms. The average molecular weight is 419 g/mol. The van der Waals surface area contributed by atoms with Crippen LogP contribution in [0, 0.1) is 0 Å². The summed E-state index contributed by atoms with van der Waals surface area (Å²) in [5.41, 5.74) is -0.0497. The van der Waals surface area contributed by atoms with Gasteiger partial charge in [0.15, 0.2) is 0 Å². The molecule has 1 amide bonds. The molecule has 0 radical (unpaired) electrons. The van der Waals surface area contributed by atoms with Crippen LogP contribution in [0.4, 0.5) is 5.69 Å². The number of carbonyl (C=O) groups excluding carboxylic acids is 2. The number of aliphatic hydroxyl groups is 1. The molecule has 0 heterocycles. The zero-order valence-electron chi connectivity index (χ0n) is 15.7. The van der Waals surface area contributed by atoms with E-state index in [1.807, 2.05) is 5.32 Å². The van der Waals surface area contributed by atoms with Gasteiger partial charge in [-0.15, -0.1) is 0 Å². The van der Waals surface area contributed by atoms with Crippen molar-refractivity contribution >= 4 is 34.9 Å². The van der Waals surface area contributed by atoms with Crippen LogP contribution in [-0.2, 0) is 9.59 Å². The minimum absolute atomic E-state index is 0.118. The molecule has 2 aromatic carbocycles. The van der Waals surface area contributed by atoms with Gasteiger partial charge < -0.3 is 25.2 Å². The van der Waals surface area contributed by atoms with E-state index in [2.05, 4.69) is 0 Å². The molecule has 0 aliphatic rings. The number of ketones is 1. The van der Waals surface area contributed by atoms with Gasteiger partial charge in [0.1, 0.15) is 23.6 Å². The van der Waals surface area contributed by atoms with E-state index in [1.165, 1.54) is 12.1 Å². The number of aliphatic carboxylic acids is 1. The van der Waals surface area contributed by atoms with Crippen molar-refractivity contribution in [2.75, 3.05) is 25.5 Å². The Kier molecular flexibility index (Phi) is 7.21. The number of carboxylic acids is 1. The van der Waals surface area contributed by atoms with Crippen LogP contribution in [0.15, 0.2) is 54.3 Å². The zero-order valence-corrected chi connectivity index (χ0v) is 16.4. The number of carboxylic acid groups (broad SMARTS) is 1. The third-order valence-corrected chi connectivity index (χ3v) is 4.09. The Labute approximate surface area is 172 Å². The van der Waals surface area contributed by atoms with E-state index < -0.39 is 29.8 Å². The summed E-state index contributed by atoms with van der Waals surface area (Å²) < 4.78 is 5.76. The first-order valence-electron chi connectivity index (χ1n) is 8.37. The molecule has 2 rings (SSSR count). The topological polar surface area (TPSA) is 116 Å². The monoisotopic (exact) mass is 418 g/mol. The predicted molar refractivity (Wildman–Crippen MR) is 108 cm³/mol. The first-order valence-corrected chi connectivity index (χ1v) is 8.75. The molecule has 152 valence electrons. The lowest BCUT2D eigenvalue weighted by Gasteiger charge is -2.19. The second kappa shape index (κ2) is 9.61. The molecule has 0 aliphatic heterocycles. The lowest BCUT2D eigenvalue weighted by atomic mass is 10.0. The number of ether oxygens (including phenoxy) is 1. The standard InChI is InChI=1S/C20H19ClN2O6/c1-23(2)16-9-12(29-17-6-4-3-5-15(17)21)7-8-13(16)19(27)14(11-24)20(28)22-10-18(25)26/h3-9,11,24H,10H2,1-2H3,(H,22,28)(H,25,26).